The first-order valence-electron chi connectivity index (χ1n) is 7.34. The number of thiol groups is 1. The Balaban J connectivity index is 2.06. The second-order valence-corrected chi connectivity index (χ2v) is 5.80. The fourth-order valence-corrected chi connectivity index (χ4v) is 2.15. The third-order valence-electron chi connectivity index (χ3n) is 3.09. The highest BCUT2D eigenvalue weighted by molar-refractivity contribution is 7.82. The van der Waals surface area contributed by atoms with Crippen LogP contribution in [0.4, 0.5) is 20.6 Å². The van der Waals surface area contributed by atoms with Crippen molar-refractivity contribution in [2.45, 2.75) is 19.9 Å². The van der Waals surface area contributed by atoms with Crippen LogP contribution in [0.15, 0.2) is 48.5 Å². The van der Waals surface area contributed by atoms with Crippen molar-refractivity contribution in [3.63, 3.8) is 0 Å². The molecule has 24 heavy (non-hydrogen) atoms. The molecule has 0 spiro atoms. The van der Waals surface area contributed by atoms with Gasteiger partial charge < -0.3 is 10.6 Å². The number of halogens is 1. The van der Waals surface area contributed by atoms with E-state index in [9.17, 15) is 14.0 Å². The second-order valence-electron chi connectivity index (χ2n) is 5.40. The molecule has 2 rings (SSSR count). The number of nitrogens with zero attached hydrogens (tertiary/aromatic N) is 1. The number of nitrogens with one attached hydrogen (secondary N) is 2. The molecule has 0 aliphatic heterocycles. The topological polar surface area (TPSA) is 61.4 Å². The fourth-order valence-electron chi connectivity index (χ4n) is 1.96. The molecule has 0 saturated carbocycles. The Kier molecular flexibility index (Phi) is 5.81. The van der Waals surface area contributed by atoms with E-state index in [0.29, 0.717) is 11.4 Å². The maximum Gasteiger partial charge on any atom is 0.332 e. The lowest BCUT2D eigenvalue weighted by Crippen LogP contribution is -2.38. The number of carbonyl (C=O) groups excluding carboxylic acids is 2. The molecule has 0 unspecified atom stereocenters. The molecule has 0 aliphatic rings. The van der Waals surface area contributed by atoms with Crippen molar-refractivity contribution in [2.75, 3.05) is 9.62 Å². The van der Waals surface area contributed by atoms with Gasteiger partial charge in [0.05, 0.1) is 11.3 Å². The van der Waals surface area contributed by atoms with Gasteiger partial charge in [-0.2, -0.15) is 0 Å². The van der Waals surface area contributed by atoms with Crippen molar-refractivity contribution in [1.29, 1.82) is 0 Å². The zero-order valence-corrected chi connectivity index (χ0v) is 14.2. The molecule has 0 aromatic heterocycles. The summed E-state index contributed by atoms with van der Waals surface area (Å²) in [4.78, 5) is 23.9. The van der Waals surface area contributed by atoms with E-state index in [2.05, 4.69) is 23.4 Å². The standard InChI is InChI=1S/C17H18FN3O2S/c1-11(2)19-17(23)21(24)13-9-7-12(8-10-13)20-16(22)14-5-3-4-6-15(14)18/h3-11,24H,1-2H3,(H,19,23)(H,20,22). The highest BCUT2D eigenvalue weighted by Crippen LogP contribution is 2.20. The normalized spacial score (nSPS) is 10.4. The van der Waals surface area contributed by atoms with Crippen LogP contribution < -0.4 is 14.9 Å². The van der Waals surface area contributed by atoms with E-state index in [0.717, 1.165) is 0 Å². The van der Waals surface area contributed by atoms with Crippen LogP contribution in [0, 0.1) is 5.82 Å². The monoisotopic (exact) mass is 347 g/mol. The van der Waals surface area contributed by atoms with Crippen LogP contribution in [-0.4, -0.2) is 18.0 Å². The molecule has 0 saturated heterocycles. The summed E-state index contributed by atoms with van der Waals surface area (Å²) in [5.74, 6) is -1.13. The van der Waals surface area contributed by atoms with Crippen LogP contribution in [0.1, 0.15) is 24.2 Å². The van der Waals surface area contributed by atoms with E-state index in [1.165, 1.54) is 22.5 Å². The summed E-state index contributed by atoms with van der Waals surface area (Å²) in [5.41, 5.74) is 0.993. The van der Waals surface area contributed by atoms with Gasteiger partial charge in [-0.15, -0.1) is 0 Å². The van der Waals surface area contributed by atoms with Crippen LogP contribution in [0.3, 0.4) is 0 Å². The predicted octanol–water partition coefficient (Wildman–Crippen LogP) is 3.85. The van der Waals surface area contributed by atoms with Crippen molar-refractivity contribution in [3.05, 3.63) is 59.9 Å². The summed E-state index contributed by atoms with van der Waals surface area (Å²) in [7, 11) is 0. The molecule has 0 atom stereocenters. The SMILES string of the molecule is CC(C)NC(=O)N(S)c1ccc(NC(=O)c2ccccc2F)cc1. The number of amides is 3. The minimum Gasteiger partial charge on any atom is -0.335 e. The summed E-state index contributed by atoms with van der Waals surface area (Å²) < 4.78 is 14.8. The van der Waals surface area contributed by atoms with Crippen molar-refractivity contribution < 1.29 is 14.0 Å². The van der Waals surface area contributed by atoms with E-state index in [1.807, 2.05) is 13.8 Å². The van der Waals surface area contributed by atoms with Gasteiger partial charge in [0.2, 0.25) is 0 Å². The van der Waals surface area contributed by atoms with Crippen LogP contribution in [-0.2, 0) is 0 Å². The van der Waals surface area contributed by atoms with Crippen molar-refractivity contribution >= 4 is 36.1 Å². The first-order chi connectivity index (χ1) is 11.4. The minimum atomic E-state index is -0.585. The van der Waals surface area contributed by atoms with Crippen LogP contribution in [0.5, 0.6) is 0 Å². The Labute approximate surface area is 145 Å². The number of hydrogen-bond acceptors (Lipinski definition) is 3. The first-order valence-corrected chi connectivity index (χ1v) is 7.74. The van der Waals surface area contributed by atoms with Crippen LogP contribution in [0.2, 0.25) is 0 Å². The van der Waals surface area contributed by atoms with E-state index in [1.54, 1.807) is 30.3 Å². The maximum atomic E-state index is 13.6. The molecule has 2 N–H and O–H groups in total. The highest BCUT2D eigenvalue weighted by Gasteiger charge is 2.14. The molecule has 2 aromatic rings. The van der Waals surface area contributed by atoms with E-state index in [-0.39, 0.29) is 17.6 Å². The zero-order chi connectivity index (χ0) is 17.7. The number of hydrogen-bond donors (Lipinski definition) is 3. The summed E-state index contributed by atoms with van der Waals surface area (Å²) >= 11 is 4.15. The lowest BCUT2D eigenvalue weighted by molar-refractivity contribution is 0.102. The number of benzene rings is 2. The molecule has 7 heteroatoms. The van der Waals surface area contributed by atoms with Gasteiger partial charge in [-0.25, -0.2) is 13.5 Å². The molecule has 3 amide bonds. The van der Waals surface area contributed by atoms with Gasteiger partial charge in [-0.05, 0) is 50.2 Å². The third-order valence-corrected chi connectivity index (χ3v) is 3.51. The number of carbonyl (C=O) groups is 2. The Morgan fingerprint density at radius 2 is 1.71 bits per heavy atom. The Hall–Kier alpha value is -2.54. The lowest BCUT2D eigenvalue weighted by Gasteiger charge is -2.18. The Bertz CT molecular complexity index is 735. The second kappa shape index (κ2) is 7.83. The average molecular weight is 347 g/mol. The Morgan fingerprint density at radius 1 is 1.08 bits per heavy atom. The number of rotatable bonds is 4. The molecule has 2 aromatic carbocycles. The van der Waals surface area contributed by atoms with Gasteiger partial charge in [0.25, 0.3) is 5.91 Å². The van der Waals surface area contributed by atoms with Crippen molar-refractivity contribution in [3.8, 4) is 0 Å². The predicted molar refractivity (Wildman–Crippen MR) is 95.9 cm³/mol. The van der Waals surface area contributed by atoms with Gasteiger partial charge in [-0.3, -0.25) is 4.79 Å². The summed E-state index contributed by atoms with van der Waals surface area (Å²) in [5, 5.41) is 5.32. The minimum absolute atomic E-state index is 0.00789. The molecule has 0 aliphatic carbocycles. The fraction of sp³-hybridized carbons (Fsp3) is 0.176. The lowest BCUT2D eigenvalue weighted by atomic mass is 10.2. The van der Waals surface area contributed by atoms with Crippen molar-refractivity contribution in [1.82, 2.24) is 5.32 Å². The van der Waals surface area contributed by atoms with Gasteiger partial charge in [-0.1, -0.05) is 24.9 Å². The molecular weight excluding hydrogens is 329 g/mol. The first kappa shape index (κ1) is 17.8. The smallest absolute Gasteiger partial charge is 0.332 e. The van der Waals surface area contributed by atoms with Gasteiger partial charge >= 0.3 is 6.03 Å². The molecule has 0 radical (unpaired) electrons. The largest absolute Gasteiger partial charge is 0.335 e. The summed E-state index contributed by atoms with van der Waals surface area (Å²) in [6.07, 6.45) is 0. The van der Waals surface area contributed by atoms with Gasteiger partial charge in [0, 0.05) is 11.7 Å². The van der Waals surface area contributed by atoms with Crippen LogP contribution in [0.25, 0.3) is 0 Å². The number of urea groups is 1. The molecule has 0 heterocycles. The molecule has 5 nitrogen and oxygen atoms in total. The molecule has 126 valence electrons. The third kappa shape index (κ3) is 4.48. The van der Waals surface area contributed by atoms with E-state index in [4.69, 9.17) is 0 Å². The van der Waals surface area contributed by atoms with Crippen LogP contribution >= 0.6 is 12.8 Å². The van der Waals surface area contributed by atoms with E-state index < -0.39 is 11.7 Å². The number of anilines is 2. The highest BCUT2D eigenvalue weighted by atomic mass is 32.1. The van der Waals surface area contributed by atoms with Gasteiger partial charge in [0.1, 0.15) is 5.82 Å². The average Bonchev–Trinajstić information content (AvgIpc) is 2.54. The molecule has 0 fully saturated rings. The molecule has 0 bridgehead atoms. The summed E-state index contributed by atoms with van der Waals surface area (Å²) in [6.45, 7) is 3.70. The Morgan fingerprint density at radius 3 is 2.29 bits per heavy atom. The quantitative estimate of drug-likeness (QED) is 0.736. The van der Waals surface area contributed by atoms with Crippen molar-refractivity contribution in [2.24, 2.45) is 0 Å². The zero-order valence-electron chi connectivity index (χ0n) is 13.3. The van der Waals surface area contributed by atoms with Gasteiger partial charge in [0.15, 0.2) is 0 Å². The summed E-state index contributed by atoms with van der Waals surface area (Å²) in [6, 6.07) is 11.9. The molecular formula is C17H18FN3O2S. The van der Waals surface area contributed by atoms with E-state index >= 15 is 0 Å². The maximum absolute atomic E-state index is 13.6.